The predicted octanol–water partition coefficient (Wildman–Crippen LogP) is 1.87. The molecule has 4 heteroatoms. The van der Waals surface area contributed by atoms with Gasteiger partial charge >= 0.3 is 0 Å². The molecule has 0 saturated carbocycles. The topological polar surface area (TPSA) is 32.5 Å². The van der Waals surface area contributed by atoms with Crippen LogP contribution in [0.1, 0.15) is 32.6 Å². The fourth-order valence-electron chi connectivity index (χ4n) is 2.99. The predicted molar refractivity (Wildman–Crippen MR) is 83.4 cm³/mol. The van der Waals surface area contributed by atoms with Crippen molar-refractivity contribution in [2.45, 2.75) is 44.7 Å². The SMILES string of the molecule is CCC1CN(C)CCCN1C(CN)CCCSC. The van der Waals surface area contributed by atoms with Crippen LogP contribution in [0.3, 0.4) is 0 Å². The second-order valence-corrected chi connectivity index (χ2v) is 6.43. The third kappa shape index (κ3) is 5.08. The van der Waals surface area contributed by atoms with Crippen LogP contribution >= 0.6 is 11.8 Å². The van der Waals surface area contributed by atoms with Crippen LogP contribution in [-0.2, 0) is 0 Å². The average molecular weight is 273 g/mol. The molecular weight excluding hydrogens is 242 g/mol. The Morgan fingerprint density at radius 2 is 2.17 bits per heavy atom. The molecule has 1 aliphatic rings. The highest BCUT2D eigenvalue weighted by atomic mass is 32.2. The van der Waals surface area contributed by atoms with Gasteiger partial charge in [0.1, 0.15) is 0 Å². The molecule has 0 amide bonds. The van der Waals surface area contributed by atoms with Crippen molar-refractivity contribution < 1.29 is 0 Å². The summed E-state index contributed by atoms with van der Waals surface area (Å²) in [5.41, 5.74) is 6.03. The Labute approximate surface area is 117 Å². The first-order valence-corrected chi connectivity index (χ1v) is 8.75. The van der Waals surface area contributed by atoms with Crippen molar-refractivity contribution in [2.24, 2.45) is 5.73 Å². The number of hydrogen-bond acceptors (Lipinski definition) is 4. The quantitative estimate of drug-likeness (QED) is 0.718. The molecule has 1 fully saturated rings. The van der Waals surface area contributed by atoms with Crippen LogP contribution < -0.4 is 5.73 Å². The molecule has 1 rings (SSSR count). The van der Waals surface area contributed by atoms with Gasteiger partial charge in [-0.05, 0) is 51.3 Å². The number of thioether (sulfide) groups is 1. The van der Waals surface area contributed by atoms with E-state index in [1.54, 1.807) is 0 Å². The number of rotatable bonds is 7. The van der Waals surface area contributed by atoms with Gasteiger partial charge in [0.2, 0.25) is 0 Å². The van der Waals surface area contributed by atoms with Crippen LogP contribution in [0.25, 0.3) is 0 Å². The van der Waals surface area contributed by atoms with Crippen LogP contribution in [0, 0.1) is 0 Å². The van der Waals surface area contributed by atoms with Crippen molar-refractivity contribution in [1.29, 1.82) is 0 Å². The number of nitrogens with two attached hydrogens (primary N) is 1. The van der Waals surface area contributed by atoms with Crippen molar-refractivity contribution in [2.75, 3.05) is 45.2 Å². The van der Waals surface area contributed by atoms with Gasteiger partial charge in [-0.2, -0.15) is 11.8 Å². The normalized spacial score (nSPS) is 25.0. The zero-order valence-electron chi connectivity index (χ0n) is 12.4. The van der Waals surface area contributed by atoms with Gasteiger partial charge in [0.15, 0.2) is 0 Å². The molecule has 2 atom stereocenters. The van der Waals surface area contributed by atoms with Gasteiger partial charge in [-0.25, -0.2) is 0 Å². The van der Waals surface area contributed by atoms with E-state index in [1.165, 1.54) is 51.1 Å². The molecule has 3 nitrogen and oxygen atoms in total. The molecule has 0 aromatic heterocycles. The third-order valence-corrected chi connectivity index (χ3v) is 4.74. The molecule has 0 aliphatic carbocycles. The second-order valence-electron chi connectivity index (χ2n) is 5.44. The Morgan fingerprint density at radius 3 is 2.78 bits per heavy atom. The van der Waals surface area contributed by atoms with E-state index in [9.17, 15) is 0 Å². The Bertz CT molecular complexity index is 213. The standard InChI is InChI=1S/C14H31N3S/c1-4-13-12-16(2)8-6-9-17(13)14(11-15)7-5-10-18-3/h13-14H,4-12,15H2,1-3H3. The molecule has 2 unspecified atom stereocenters. The lowest BCUT2D eigenvalue weighted by Gasteiger charge is -2.36. The van der Waals surface area contributed by atoms with E-state index in [0.29, 0.717) is 12.1 Å². The summed E-state index contributed by atoms with van der Waals surface area (Å²) in [5, 5.41) is 0. The molecule has 1 saturated heterocycles. The van der Waals surface area contributed by atoms with Gasteiger partial charge in [0.05, 0.1) is 0 Å². The van der Waals surface area contributed by atoms with Gasteiger partial charge < -0.3 is 10.6 Å². The van der Waals surface area contributed by atoms with Crippen molar-refractivity contribution in [3.05, 3.63) is 0 Å². The molecule has 1 aliphatic heterocycles. The Morgan fingerprint density at radius 1 is 1.39 bits per heavy atom. The third-order valence-electron chi connectivity index (χ3n) is 4.05. The van der Waals surface area contributed by atoms with E-state index in [2.05, 4.69) is 30.0 Å². The Balaban J connectivity index is 2.56. The summed E-state index contributed by atoms with van der Waals surface area (Å²) < 4.78 is 0. The highest BCUT2D eigenvalue weighted by Crippen LogP contribution is 2.18. The summed E-state index contributed by atoms with van der Waals surface area (Å²) in [4.78, 5) is 5.17. The molecule has 0 aromatic carbocycles. The summed E-state index contributed by atoms with van der Waals surface area (Å²) in [6.45, 7) is 6.79. The fraction of sp³-hybridized carbons (Fsp3) is 1.00. The fourth-order valence-corrected chi connectivity index (χ4v) is 3.44. The van der Waals surface area contributed by atoms with Crippen molar-refractivity contribution >= 4 is 11.8 Å². The molecule has 2 N–H and O–H groups in total. The number of hydrogen-bond donors (Lipinski definition) is 1. The minimum atomic E-state index is 0.591. The summed E-state index contributed by atoms with van der Waals surface area (Å²) in [6, 6.07) is 1.29. The minimum absolute atomic E-state index is 0.591. The number of nitrogens with zero attached hydrogens (tertiary/aromatic N) is 2. The van der Waals surface area contributed by atoms with E-state index in [4.69, 9.17) is 5.73 Å². The molecule has 0 aromatic rings. The minimum Gasteiger partial charge on any atom is -0.329 e. The smallest absolute Gasteiger partial charge is 0.0223 e. The van der Waals surface area contributed by atoms with Gasteiger partial charge in [-0.1, -0.05) is 6.92 Å². The summed E-state index contributed by atoms with van der Waals surface area (Å²) in [7, 11) is 2.25. The van der Waals surface area contributed by atoms with Gasteiger partial charge in [0.25, 0.3) is 0 Å². The molecular formula is C14H31N3S. The highest BCUT2D eigenvalue weighted by molar-refractivity contribution is 7.98. The molecule has 1 heterocycles. The maximum Gasteiger partial charge on any atom is 0.0223 e. The molecule has 0 radical (unpaired) electrons. The Hall–Kier alpha value is 0.230. The molecule has 0 bridgehead atoms. The lowest BCUT2D eigenvalue weighted by molar-refractivity contribution is 0.124. The number of likely N-dealkylation sites (N-methyl/N-ethyl adjacent to an activating group) is 1. The van der Waals surface area contributed by atoms with Crippen molar-refractivity contribution in [3.63, 3.8) is 0 Å². The van der Waals surface area contributed by atoms with Gasteiger partial charge in [0, 0.05) is 31.7 Å². The van der Waals surface area contributed by atoms with Gasteiger partial charge in [-0.15, -0.1) is 0 Å². The Kier molecular flexibility index (Phi) is 8.31. The molecule has 18 heavy (non-hydrogen) atoms. The molecule has 108 valence electrons. The first-order valence-electron chi connectivity index (χ1n) is 7.36. The molecule has 0 spiro atoms. The van der Waals surface area contributed by atoms with Crippen molar-refractivity contribution in [3.8, 4) is 0 Å². The van der Waals surface area contributed by atoms with Crippen LogP contribution in [-0.4, -0.2) is 67.1 Å². The lowest BCUT2D eigenvalue weighted by atomic mass is 10.1. The van der Waals surface area contributed by atoms with Crippen LogP contribution in [0.5, 0.6) is 0 Å². The van der Waals surface area contributed by atoms with E-state index < -0.39 is 0 Å². The van der Waals surface area contributed by atoms with Crippen molar-refractivity contribution in [1.82, 2.24) is 9.80 Å². The largest absolute Gasteiger partial charge is 0.329 e. The highest BCUT2D eigenvalue weighted by Gasteiger charge is 2.27. The van der Waals surface area contributed by atoms with E-state index >= 15 is 0 Å². The monoisotopic (exact) mass is 273 g/mol. The first-order chi connectivity index (χ1) is 8.72. The second kappa shape index (κ2) is 9.18. The zero-order valence-corrected chi connectivity index (χ0v) is 13.2. The van der Waals surface area contributed by atoms with E-state index in [1.807, 2.05) is 11.8 Å². The van der Waals surface area contributed by atoms with E-state index in [0.717, 1.165) is 6.54 Å². The summed E-state index contributed by atoms with van der Waals surface area (Å²) >= 11 is 1.94. The van der Waals surface area contributed by atoms with Gasteiger partial charge in [-0.3, -0.25) is 4.90 Å². The van der Waals surface area contributed by atoms with Crippen LogP contribution in [0.2, 0.25) is 0 Å². The maximum atomic E-state index is 6.03. The van der Waals surface area contributed by atoms with Crippen LogP contribution in [0.15, 0.2) is 0 Å². The zero-order chi connectivity index (χ0) is 13.4. The first kappa shape index (κ1) is 16.3. The lowest BCUT2D eigenvalue weighted by Crippen LogP contribution is -2.49. The average Bonchev–Trinajstić information content (AvgIpc) is 2.56. The summed E-state index contributed by atoms with van der Waals surface area (Å²) in [6.07, 6.45) is 7.27. The summed E-state index contributed by atoms with van der Waals surface area (Å²) in [5.74, 6) is 1.26. The van der Waals surface area contributed by atoms with Crippen LogP contribution in [0.4, 0.5) is 0 Å². The van der Waals surface area contributed by atoms with E-state index in [-0.39, 0.29) is 0 Å². The maximum absolute atomic E-state index is 6.03.